The molecule has 0 fully saturated rings. The summed E-state index contributed by atoms with van der Waals surface area (Å²) >= 11 is 0. The van der Waals surface area contributed by atoms with Crippen LogP contribution in [0.1, 0.15) is 30.0 Å². The molecular weight excluding hydrogens is 314 g/mol. The van der Waals surface area contributed by atoms with E-state index in [1.807, 2.05) is 50.2 Å². The zero-order valence-corrected chi connectivity index (χ0v) is 14.8. The van der Waals surface area contributed by atoms with Crippen LogP contribution in [0.3, 0.4) is 0 Å². The molecular formula is C20H23N3O2. The highest BCUT2D eigenvalue weighted by Gasteiger charge is 2.27. The van der Waals surface area contributed by atoms with Crippen molar-refractivity contribution >= 4 is 28.9 Å². The van der Waals surface area contributed by atoms with E-state index in [1.54, 1.807) is 0 Å². The number of rotatable bonds is 4. The molecule has 1 aliphatic heterocycles. The minimum atomic E-state index is -0.579. The van der Waals surface area contributed by atoms with Gasteiger partial charge in [0.15, 0.2) is 0 Å². The van der Waals surface area contributed by atoms with Gasteiger partial charge in [-0.05, 0) is 61.2 Å². The second kappa shape index (κ2) is 6.97. The number of hydrogen-bond donors (Lipinski definition) is 3. The average Bonchev–Trinajstić information content (AvgIpc) is 2.58. The molecule has 1 atom stereocenters. The van der Waals surface area contributed by atoms with Crippen LogP contribution >= 0.6 is 0 Å². The van der Waals surface area contributed by atoms with Crippen LogP contribution in [0.15, 0.2) is 36.4 Å². The Bertz CT molecular complexity index is 812. The van der Waals surface area contributed by atoms with Crippen molar-refractivity contribution in [1.82, 2.24) is 0 Å². The van der Waals surface area contributed by atoms with E-state index in [-0.39, 0.29) is 18.2 Å². The van der Waals surface area contributed by atoms with Crippen LogP contribution in [0, 0.1) is 13.8 Å². The predicted molar refractivity (Wildman–Crippen MR) is 101 cm³/mol. The molecule has 0 aromatic heterocycles. The lowest BCUT2D eigenvalue weighted by Gasteiger charge is -2.27. The minimum absolute atomic E-state index is 0.0771. The number of nitrogens with one attached hydrogen (secondary N) is 3. The SMILES string of the molecule is CCc1ccc(NC(=O)C[C@H]2Nc3cc(C)c(C)cc3NC2=O)cc1. The van der Waals surface area contributed by atoms with Crippen molar-refractivity contribution in [2.45, 2.75) is 39.7 Å². The number of amides is 2. The number of benzene rings is 2. The summed E-state index contributed by atoms with van der Waals surface area (Å²) in [6.45, 7) is 6.11. The molecule has 5 nitrogen and oxygen atoms in total. The lowest BCUT2D eigenvalue weighted by Crippen LogP contribution is -2.41. The summed E-state index contributed by atoms with van der Waals surface area (Å²) in [6.07, 6.45) is 1.03. The maximum atomic E-state index is 12.3. The quantitative estimate of drug-likeness (QED) is 0.798. The summed E-state index contributed by atoms with van der Waals surface area (Å²) in [5.41, 5.74) is 5.83. The van der Waals surface area contributed by atoms with Crippen LogP contribution in [0.2, 0.25) is 0 Å². The smallest absolute Gasteiger partial charge is 0.247 e. The standard InChI is InChI=1S/C20H23N3O2/c1-4-14-5-7-15(8-6-14)21-19(24)11-18-20(25)23-17-10-13(3)12(2)9-16(17)22-18/h5-10,18,22H,4,11H2,1-3H3,(H,21,24)(H,23,25)/t18-/m1/s1. The normalized spacial score (nSPS) is 15.8. The Balaban J connectivity index is 1.66. The third-order valence-electron chi connectivity index (χ3n) is 4.57. The van der Waals surface area contributed by atoms with Crippen LogP contribution in [0.25, 0.3) is 0 Å². The zero-order chi connectivity index (χ0) is 18.0. The molecule has 1 heterocycles. The Labute approximate surface area is 147 Å². The third-order valence-corrected chi connectivity index (χ3v) is 4.57. The van der Waals surface area contributed by atoms with Gasteiger partial charge in [0.2, 0.25) is 11.8 Å². The Kier molecular flexibility index (Phi) is 4.74. The number of anilines is 3. The molecule has 0 bridgehead atoms. The summed E-state index contributed by atoms with van der Waals surface area (Å²) in [6, 6.07) is 11.1. The van der Waals surface area contributed by atoms with Gasteiger partial charge in [0.05, 0.1) is 17.8 Å². The van der Waals surface area contributed by atoms with Gasteiger partial charge in [0, 0.05) is 5.69 Å². The largest absolute Gasteiger partial charge is 0.372 e. The van der Waals surface area contributed by atoms with Crippen molar-refractivity contribution in [2.24, 2.45) is 0 Å². The highest BCUT2D eigenvalue weighted by molar-refractivity contribution is 6.06. The average molecular weight is 337 g/mol. The van der Waals surface area contributed by atoms with Crippen molar-refractivity contribution in [3.8, 4) is 0 Å². The molecule has 0 unspecified atom stereocenters. The van der Waals surface area contributed by atoms with Gasteiger partial charge in [-0.15, -0.1) is 0 Å². The van der Waals surface area contributed by atoms with Gasteiger partial charge in [-0.3, -0.25) is 9.59 Å². The fourth-order valence-corrected chi connectivity index (χ4v) is 2.88. The molecule has 2 amide bonds. The second-order valence-corrected chi connectivity index (χ2v) is 6.47. The Morgan fingerprint density at radius 2 is 1.72 bits per heavy atom. The van der Waals surface area contributed by atoms with Crippen molar-refractivity contribution in [1.29, 1.82) is 0 Å². The van der Waals surface area contributed by atoms with Crippen molar-refractivity contribution < 1.29 is 9.59 Å². The van der Waals surface area contributed by atoms with E-state index in [0.717, 1.165) is 34.6 Å². The zero-order valence-electron chi connectivity index (χ0n) is 14.8. The fourth-order valence-electron chi connectivity index (χ4n) is 2.88. The first-order valence-corrected chi connectivity index (χ1v) is 8.53. The molecule has 130 valence electrons. The summed E-state index contributed by atoms with van der Waals surface area (Å²) in [7, 11) is 0. The molecule has 25 heavy (non-hydrogen) atoms. The van der Waals surface area contributed by atoms with E-state index in [9.17, 15) is 9.59 Å². The number of carbonyl (C=O) groups excluding carboxylic acids is 2. The summed E-state index contributed by atoms with van der Waals surface area (Å²) in [5, 5.41) is 8.90. The molecule has 2 aromatic carbocycles. The van der Waals surface area contributed by atoms with E-state index in [4.69, 9.17) is 0 Å². The van der Waals surface area contributed by atoms with Gasteiger partial charge in [0.25, 0.3) is 0 Å². The predicted octanol–water partition coefficient (Wildman–Crippen LogP) is 3.63. The number of fused-ring (bicyclic) bond motifs is 1. The third kappa shape index (κ3) is 3.82. The maximum Gasteiger partial charge on any atom is 0.247 e. The minimum Gasteiger partial charge on any atom is -0.372 e. The topological polar surface area (TPSA) is 70.2 Å². The van der Waals surface area contributed by atoms with Crippen molar-refractivity contribution in [3.63, 3.8) is 0 Å². The molecule has 1 aliphatic rings. The highest BCUT2D eigenvalue weighted by Crippen LogP contribution is 2.30. The Hall–Kier alpha value is -2.82. The fraction of sp³-hybridized carbons (Fsp3) is 0.300. The number of aryl methyl sites for hydroxylation is 3. The first kappa shape index (κ1) is 17.0. The monoisotopic (exact) mass is 337 g/mol. The van der Waals surface area contributed by atoms with Crippen LogP contribution < -0.4 is 16.0 Å². The second-order valence-electron chi connectivity index (χ2n) is 6.47. The highest BCUT2D eigenvalue weighted by atomic mass is 16.2. The first-order chi connectivity index (χ1) is 12.0. The molecule has 0 spiro atoms. The Morgan fingerprint density at radius 1 is 1.08 bits per heavy atom. The molecule has 0 saturated heterocycles. The van der Waals surface area contributed by atoms with Gasteiger partial charge >= 0.3 is 0 Å². The van der Waals surface area contributed by atoms with Crippen LogP contribution in [0.4, 0.5) is 17.1 Å². The first-order valence-electron chi connectivity index (χ1n) is 8.53. The lowest BCUT2D eigenvalue weighted by molar-refractivity contribution is -0.122. The molecule has 0 aliphatic carbocycles. The van der Waals surface area contributed by atoms with E-state index in [1.165, 1.54) is 5.56 Å². The number of hydrogen-bond acceptors (Lipinski definition) is 3. The molecule has 3 N–H and O–H groups in total. The summed E-state index contributed by atoms with van der Waals surface area (Å²) in [5.74, 6) is -0.378. The molecule has 0 saturated carbocycles. The molecule has 3 rings (SSSR count). The van der Waals surface area contributed by atoms with E-state index >= 15 is 0 Å². The van der Waals surface area contributed by atoms with Crippen LogP contribution in [-0.2, 0) is 16.0 Å². The van der Waals surface area contributed by atoms with Crippen molar-refractivity contribution in [3.05, 3.63) is 53.1 Å². The molecule has 2 aromatic rings. The summed E-state index contributed by atoms with van der Waals surface area (Å²) < 4.78 is 0. The molecule has 5 heteroatoms. The summed E-state index contributed by atoms with van der Waals surface area (Å²) in [4.78, 5) is 24.6. The van der Waals surface area contributed by atoms with Crippen LogP contribution in [-0.4, -0.2) is 17.9 Å². The van der Waals surface area contributed by atoms with Gasteiger partial charge < -0.3 is 16.0 Å². The number of carbonyl (C=O) groups is 2. The van der Waals surface area contributed by atoms with Gasteiger partial charge in [0.1, 0.15) is 6.04 Å². The molecule has 0 radical (unpaired) electrons. The van der Waals surface area contributed by atoms with Gasteiger partial charge in [-0.1, -0.05) is 19.1 Å². The van der Waals surface area contributed by atoms with Gasteiger partial charge in [-0.2, -0.15) is 0 Å². The maximum absolute atomic E-state index is 12.3. The van der Waals surface area contributed by atoms with E-state index < -0.39 is 6.04 Å². The Morgan fingerprint density at radius 3 is 2.36 bits per heavy atom. The van der Waals surface area contributed by atoms with Crippen LogP contribution in [0.5, 0.6) is 0 Å². The van der Waals surface area contributed by atoms with E-state index in [0.29, 0.717) is 0 Å². The van der Waals surface area contributed by atoms with Gasteiger partial charge in [-0.25, -0.2) is 0 Å². The van der Waals surface area contributed by atoms with E-state index in [2.05, 4.69) is 22.9 Å². The lowest BCUT2D eigenvalue weighted by atomic mass is 10.0. The van der Waals surface area contributed by atoms with Crippen molar-refractivity contribution in [2.75, 3.05) is 16.0 Å².